The van der Waals surface area contributed by atoms with Crippen molar-refractivity contribution in [3.05, 3.63) is 47.5 Å². The normalized spacial score (nSPS) is 16.8. The topological polar surface area (TPSA) is 255 Å². The van der Waals surface area contributed by atoms with Crippen molar-refractivity contribution in [1.82, 2.24) is 20.0 Å². The number of halogens is 1. The largest absolute Gasteiger partial charge is 0.486 e. The Morgan fingerprint density at radius 3 is 2.62 bits per heavy atom. The Balaban J connectivity index is 1.47. The number of carbonyl (C=O) groups is 3. The quantitative estimate of drug-likeness (QED) is 0.0446. The number of β-lactam (4-membered cyclic amide) rings is 1. The summed E-state index contributed by atoms with van der Waals surface area (Å²) < 4.78 is 59.5. The van der Waals surface area contributed by atoms with Gasteiger partial charge in [0.1, 0.15) is 18.3 Å². The van der Waals surface area contributed by atoms with Gasteiger partial charge in [-0.05, 0) is 44.5 Å². The molecule has 1 fully saturated rings. The number of aryl methyl sites for hydroxylation is 2. The fourth-order valence-corrected chi connectivity index (χ4v) is 5.43. The van der Waals surface area contributed by atoms with E-state index in [9.17, 15) is 32.3 Å². The Kier molecular flexibility index (Phi) is 10.4. The fraction of sp³-hybridized carbons (Fsp3) is 0.385. The number of hydrogen-bond donors (Lipinski definition) is 5. The number of hydrogen-bond acceptors (Lipinski definition) is 13. The lowest BCUT2D eigenvalue weighted by atomic mass is 9.84. The number of carboxylic acids is 1. The minimum absolute atomic E-state index is 0.0196. The van der Waals surface area contributed by atoms with Gasteiger partial charge in [0.15, 0.2) is 29.5 Å². The van der Waals surface area contributed by atoms with Crippen molar-refractivity contribution in [2.75, 3.05) is 18.9 Å². The van der Waals surface area contributed by atoms with Gasteiger partial charge in [-0.1, -0.05) is 11.2 Å². The van der Waals surface area contributed by atoms with Crippen LogP contribution in [0.1, 0.15) is 26.0 Å². The van der Waals surface area contributed by atoms with E-state index in [0.717, 1.165) is 23.3 Å². The standard InChI is InChI=1S/C26H31FN8O10S2/c1-26(2)21(23(37)35(26)45-47(40,41)42)31-22(36)20(17-13-46-25(29)30-17)32-44-19(24(38)39)12-43-18-6-5-14(9-16(18)27)15-10-33(3)34(11-15)8-4-7-28/h5-6,9-11,13,19,21H,4,7-8,12,28H2,1-3H3,(H4-,29,30,31,36,38,39,40,41,42)/p+1/b32-20-/t19?,21-/m1/s1. The van der Waals surface area contributed by atoms with Gasteiger partial charge < -0.3 is 31.5 Å². The summed E-state index contributed by atoms with van der Waals surface area (Å²) in [6, 6.07) is 2.78. The van der Waals surface area contributed by atoms with Crippen LogP contribution in [0.4, 0.5) is 9.52 Å². The number of rotatable bonds is 15. The van der Waals surface area contributed by atoms with Gasteiger partial charge in [0, 0.05) is 5.38 Å². The second kappa shape index (κ2) is 14.0. The molecule has 2 aromatic heterocycles. The van der Waals surface area contributed by atoms with Gasteiger partial charge in [0.2, 0.25) is 6.20 Å². The lowest BCUT2D eigenvalue weighted by Crippen LogP contribution is -2.76. The number of aliphatic carboxylic acids is 1. The molecule has 0 spiro atoms. The summed E-state index contributed by atoms with van der Waals surface area (Å²) in [5.41, 5.74) is 10.3. The monoisotopic (exact) mass is 699 g/mol. The molecule has 47 heavy (non-hydrogen) atoms. The highest BCUT2D eigenvalue weighted by atomic mass is 32.3. The van der Waals surface area contributed by atoms with Gasteiger partial charge in [0.05, 0.1) is 23.8 Å². The number of anilines is 1. The van der Waals surface area contributed by atoms with Crippen molar-refractivity contribution < 1.29 is 55.4 Å². The zero-order valence-electron chi connectivity index (χ0n) is 25.2. The van der Waals surface area contributed by atoms with Gasteiger partial charge in [0.25, 0.3) is 17.9 Å². The molecular formula is C26H32FN8O10S2+. The Labute approximate surface area is 271 Å². The lowest BCUT2D eigenvalue weighted by molar-refractivity contribution is -0.753. The predicted octanol–water partition coefficient (Wildman–Crippen LogP) is -0.401. The van der Waals surface area contributed by atoms with E-state index in [0.29, 0.717) is 23.7 Å². The number of nitrogens with one attached hydrogen (secondary N) is 1. The third-order valence-electron chi connectivity index (χ3n) is 6.91. The molecule has 1 aromatic carbocycles. The first-order valence-corrected chi connectivity index (χ1v) is 15.9. The first-order valence-electron chi connectivity index (χ1n) is 13.7. The number of nitrogens with zero attached hydrogens (tertiary/aromatic N) is 5. The molecule has 3 heterocycles. The first-order chi connectivity index (χ1) is 22.0. The summed E-state index contributed by atoms with van der Waals surface area (Å²) in [5, 5.41) is 17.4. The van der Waals surface area contributed by atoms with Gasteiger partial charge in [-0.2, -0.15) is 18.2 Å². The van der Waals surface area contributed by atoms with E-state index in [4.69, 9.17) is 25.6 Å². The van der Waals surface area contributed by atoms with Crippen molar-refractivity contribution in [1.29, 1.82) is 0 Å². The minimum atomic E-state index is -5.04. The summed E-state index contributed by atoms with van der Waals surface area (Å²) in [6.45, 7) is 3.13. The molecule has 2 atom stereocenters. The third kappa shape index (κ3) is 8.18. The van der Waals surface area contributed by atoms with Gasteiger partial charge >= 0.3 is 16.4 Å². The second-order valence-corrected chi connectivity index (χ2v) is 12.6. The average molecular weight is 700 g/mol. The highest BCUT2D eigenvalue weighted by Crippen LogP contribution is 2.33. The van der Waals surface area contributed by atoms with Crippen LogP contribution in [0.2, 0.25) is 0 Å². The molecule has 0 saturated carbocycles. The third-order valence-corrected chi connectivity index (χ3v) is 7.92. The highest BCUT2D eigenvalue weighted by molar-refractivity contribution is 7.80. The van der Waals surface area contributed by atoms with Crippen LogP contribution < -0.4 is 26.2 Å². The Bertz CT molecular complexity index is 1810. The maximum atomic E-state index is 15.0. The number of nitrogens with two attached hydrogens (primary N) is 2. The van der Waals surface area contributed by atoms with E-state index in [1.807, 2.05) is 28.8 Å². The van der Waals surface area contributed by atoms with Crippen molar-refractivity contribution in [2.45, 2.75) is 44.5 Å². The number of aromatic nitrogens is 3. The molecule has 3 aromatic rings. The molecule has 0 bridgehead atoms. The van der Waals surface area contributed by atoms with Crippen molar-refractivity contribution in [3.8, 4) is 16.9 Å². The average Bonchev–Trinajstić information content (AvgIpc) is 3.59. The zero-order valence-corrected chi connectivity index (χ0v) is 26.8. The molecule has 254 valence electrons. The number of nitrogen functional groups attached to an aromatic ring is 1. The molecule has 7 N–H and O–H groups in total. The summed E-state index contributed by atoms with van der Waals surface area (Å²) in [5.74, 6) is -4.72. The van der Waals surface area contributed by atoms with Crippen LogP contribution in [-0.4, -0.2) is 87.1 Å². The lowest BCUT2D eigenvalue weighted by Gasteiger charge is -2.50. The Morgan fingerprint density at radius 2 is 2.04 bits per heavy atom. The van der Waals surface area contributed by atoms with Crippen molar-refractivity contribution >= 4 is 50.4 Å². The van der Waals surface area contributed by atoms with E-state index < -0.39 is 64.0 Å². The predicted molar refractivity (Wildman–Crippen MR) is 161 cm³/mol. The maximum absolute atomic E-state index is 15.0. The van der Waals surface area contributed by atoms with Gasteiger partial charge in [-0.3, -0.25) is 14.1 Å². The number of hydroxylamine groups is 2. The van der Waals surface area contributed by atoms with Crippen molar-refractivity contribution in [3.63, 3.8) is 0 Å². The number of benzene rings is 1. The number of ether oxygens (including phenoxy) is 1. The molecule has 4 rings (SSSR count). The number of carboxylic acid groups (broad SMARTS) is 1. The van der Waals surface area contributed by atoms with Crippen LogP contribution in [0.15, 0.2) is 41.1 Å². The maximum Gasteiger partial charge on any atom is 0.418 e. The molecule has 0 aliphatic carbocycles. The van der Waals surface area contributed by atoms with Crippen LogP contribution in [0.3, 0.4) is 0 Å². The SMILES string of the molecule is C[n+]1cc(-c2ccc(OCC(O/N=C(\C(=O)N[C@@H]3C(=O)N(OS(=O)(=O)O)C3(C)C)c3csc(N)n3)C(=O)O)c(F)c2)cn1CCCN. The molecule has 1 aliphatic rings. The summed E-state index contributed by atoms with van der Waals surface area (Å²) >= 11 is 0.921. The molecule has 18 nitrogen and oxygen atoms in total. The molecule has 2 amide bonds. The molecule has 1 aliphatic heterocycles. The van der Waals surface area contributed by atoms with E-state index in [1.165, 1.54) is 31.4 Å². The molecule has 1 unspecified atom stereocenters. The second-order valence-electron chi connectivity index (χ2n) is 10.7. The Morgan fingerprint density at radius 1 is 1.32 bits per heavy atom. The van der Waals surface area contributed by atoms with Crippen LogP contribution in [-0.2, 0) is 47.5 Å². The van der Waals surface area contributed by atoms with Gasteiger partial charge in [-0.25, -0.2) is 14.2 Å². The summed E-state index contributed by atoms with van der Waals surface area (Å²) in [7, 11) is -3.20. The summed E-state index contributed by atoms with van der Waals surface area (Å²) in [6.07, 6.45) is 2.57. The number of carbonyl (C=O) groups excluding carboxylic acids is 2. The number of oxime groups is 1. The molecule has 1 saturated heterocycles. The first kappa shape index (κ1) is 35.2. The fourth-order valence-electron chi connectivity index (χ4n) is 4.43. The molecule has 21 heteroatoms. The van der Waals surface area contributed by atoms with Crippen LogP contribution in [0.5, 0.6) is 5.75 Å². The van der Waals surface area contributed by atoms with E-state index in [-0.39, 0.29) is 16.6 Å². The van der Waals surface area contributed by atoms with E-state index in [1.54, 1.807) is 6.07 Å². The van der Waals surface area contributed by atoms with E-state index in [2.05, 4.69) is 19.7 Å². The Hall–Kier alpha value is -4.70. The van der Waals surface area contributed by atoms with Crippen LogP contribution >= 0.6 is 11.3 Å². The van der Waals surface area contributed by atoms with Crippen molar-refractivity contribution in [2.24, 2.45) is 17.9 Å². The zero-order chi connectivity index (χ0) is 34.7. The molecular weight excluding hydrogens is 667 g/mol. The molecule has 0 radical (unpaired) electrons. The smallest absolute Gasteiger partial charge is 0.418 e. The summed E-state index contributed by atoms with van der Waals surface area (Å²) in [4.78, 5) is 46.7. The van der Waals surface area contributed by atoms with Gasteiger partial charge in [-0.15, -0.1) is 20.3 Å². The van der Waals surface area contributed by atoms with Crippen LogP contribution in [0.25, 0.3) is 11.1 Å². The number of thiazole rings is 1. The van der Waals surface area contributed by atoms with E-state index >= 15 is 0 Å². The number of amides is 2. The highest BCUT2D eigenvalue weighted by Gasteiger charge is 2.58. The minimum Gasteiger partial charge on any atom is -0.486 e. The van der Waals surface area contributed by atoms with Crippen LogP contribution in [0, 0.1) is 5.82 Å².